The van der Waals surface area contributed by atoms with Crippen molar-refractivity contribution in [2.45, 2.75) is 19.4 Å². The quantitative estimate of drug-likeness (QED) is 0.909. The minimum atomic E-state index is -0.604. The topological polar surface area (TPSA) is 29.5 Å². The van der Waals surface area contributed by atoms with Crippen molar-refractivity contribution in [3.8, 4) is 5.75 Å². The van der Waals surface area contributed by atoms with E-state index in [2.05, 4.69) is 22.0 Å². The van der Waals surface area contributed by atoms with E-state index < -0.39 is 6.10 Å². The Bertz CT molecular complexity index is 591. The van der Waals surface area contributed by atoms with Gasteiger partial charge in [0.25, 0.3) is 0 Å². The summed E-state index contributed by atoms with van der Waals surface area (Å²) >= 11 is 5.12. The molecule has 0 spiro atoms. The Morgan fingerprint density at radius 3 is 2.94 bits per heavy atom. The van der Waals surface area contributed by atoms with Gasteiger partial charge < -0.3 is 9.84 Å². The van der Waals surface area contributed by atoms with Gasteiger partial charge in [-0.1, -0.05) is 15.9 Å². The number of halogens is 1. The number of thiophene rings is 1. The van der Waals surface area contributed by atoms with Gasteiger partial charge >= 0.3 is 0 Å². The highest BCUT2D eigenvalue weighted by molar-refractivity contribution is 9.10. The molecule has 18 heavy (non-hydrogen) atoms. The molecule has 0 saturated carbocycles. The highest BCUT2D eigenvalue weighted by Crippen LogP contribution is 2.40. The Hall–Kier alpha value is -0.840. The van der Waals surface area contributed by atoms with Crippen molar-refractivity contribution in [3.05, 3.63) is 49.6 Å². The lowest BCUT2D eigenvalue weighted by molar-refractivity contribution is 0.217. The highest BCUT2D eigenvalue weighted by Gasteiger charge is 2.23. The van der Waals surface area contributed by atoms with Gasteiger partial charge in [-0.15, -0.1) is 11.3 Å². The average molecular weight is 325 g/mol. The minimum absolute atomic E-state index is 0.604. The molecular formula is C14H13BrO2S. The summed E-state index contributed by atoms with van der Waals surface area (Å²) in [4.78, 5) is 2.17. The standard InChI is InChI=1S/C14H13BrO2S/c1-8-2-3-12(18-8)13(16)11-7-10(15)6-9-4-5-17-14(9)11/h2-3,6-7,13,16H,4-5H2,1H3. The molecule has 1 unspecified atom stereocenters. The first-order valence-electron chi connectivity index (χ1n) is 5.84. The van der Waals surface area contributed by atoms with E-state index in [0.717, 1.165) is 27.1 Å². The second kappa shape index (κ2) is 4.68. The Morgan fingerprint density at radius 1 is 1.39 bits per heavy atom. The van der Waals surface area contributed by atoms with Crippen LogP contribution in [0.25, 0.3) is 0 Å². The summed E-state index contributed by atoms with van der Waals surface area (Å²) in [6.45, 7) is 2.75. The van der Waals surface area contributed by atoms with Crippen LogP contribution in [-0.4, -0.2) is 11.7 Å². The van der Waals surface area contributed by atoms with Crippen LogP contribution in [-0.2, 0) is 6.42 Å². The van der Waals surface area contributed by atoms with Crippen LogP contribution >= 0.6 is 27.3 Å². The van der Waals surface area contributed by atoms with E-state index in [1.165, 1.54) is 10.4 Å². The van der Waals surface area contributed by atoms with E-state index in [0.29, 0.717) is 6.61 Å². The molecule has 0 saturated heterocycles. The van der Waals surface area contributed by atoms with E-state index in [1.807, 2.05) is 25.1 Å². The lowest BCUT2D eigenvalue weighted by Gasteiger charge is -2.14. The fourth-order valence-electron chi connectivity index (χ4n) is 2.25. The first-order valence-corrected chi connectivity index (χ1v) is 7.45. The SMILES string of the molecule is Cc1ccc(C(O)c2cc(Br)cc3c2OCC3)s1. The second-order valence-corrected chi connectivity index (χ2v) is 6.67. The van der Waals surface area contributed by atoms with E-state index in [4.69, 9.17) is 4.74 Å². The van der Waals surface area contributed by atoms with Gasteiger partial charge in [-0.3, -0.25) is 0 Å². The molecule has 3 rings (SSSR count). The Morgan fingerprint density at radius 2 is 2.22 bits per heavy atom. The number of hydrogen-bond acceptors (Lipinski definition) is 3. The normalized spacial score (nSPS) is 15.3. The number of aliphatic hydroxyl groups is 1. The lowest BCUT2D eigenvalue weighted by Crippen LogP contribution is -2.00. The van der Waals surface area contributed by atoms with Crippen LogP contribution < -0.4 is 4.74 Å². The Balaban J connectivity index is 2.06. The monoisotopic (exact) mass is 324 g/mol. The van der Waals surface area contributed by atoms with Crippen molar-refractivity contribution in [2.75, 3.05) is 6.61 Å². The first-order chi connectivity index (χ1) is 8.65. The maximum absolute atomic E-state index is 10.5. The summed E-state index contributed by atoms with van der Waals surface area (Å²) in [6.07, 6.45) is 0.311. The van der Waals surface area contributed by atoms with Crippen molar-refractivity contribution in [1.29, 1.82) is 0 Å². The smallest absolute Gasteiger partial charge is 0.128 e. The number of benzene rings is 1. The zero-order chi connectivity index (χ0) is 12.7. The van der Waals surface area contributed by atoms with E-state index in [1.54, 1.807) is 11.3 Å². The van der Waals surface area contributed by atoms with Crippen molar-refractivity contribution in [2.24, 2.45) is 0 Å². The van der Waals surface area contributed by atoms with E-state index >= 15 is 0 Å². The summed E-state index contributed by atoms with van der Waals surface area (Å²) in [5, 5.41) is 10.5. The molecule has 0 amide bonds. The van der Waals surface area contributed by atoms with Crippen LogP contribution in [0.4, 0.5) is 0 Å². The van der Waals surface area contributed by atoms with Crippen LogP contribution in [0.2, 0.25) is 0 Å². The van der Waals surface area contributed by atoms with Crippen molar-refractivity contribution in [1.82, 2.24) is 0 Å². The predicted octanol–water partition coefficient (Wildman–Crippen LogP) is 3.84. The highest BCUT2D eigenvalue weighted by atomic mass is 79.9. The summed E-state index contributed by atoms with van der Waals surface area (Å²) in [6, 6.07) is 8.03. The van der Waals surface area contributed by atoms with Crippen molar-refractivity contribution >= 4 is 27.3 Å². The van der Waals surface area contributed by atoms with Crippen LogP contribution in [0.15, 0.2) is 28.7 Å². The third-order valence-electron chi connectivity index (χ3n) is 3.10. The molecule has 0 aliphatic carbocycles. The molecule has 0 fully saturated rings. The second-order valence-electron chi connectivity index (χ2n) is 4.43. The fraction of sp³-hybridized carbons (Fsp3) is 0.286. The molecule has 4 heteroatoms. The predicted molar refractivity (Wildman–Crippen MR) is 76.5 cm³/mol. The van der Waals surface area contributed by atoms with Gasteiger partial charge in [-0.25, -0.2) is 0 Å². The molecule has 0 radical (unpaired) electrons. The molecular weight excluding hydrogens is 312 g/mol. The zero-order valence-electron chi connectivity index (χ0n) is 9.94. The molecule has 1 aliphatic heterocycles. The largest absolute Gasteiger partial charge is 0.493 e. The van der Waals surface area contributed by atoms with Crippen LogP contribution in [0, 0.1) is 6.92 Å². The lowest BCUT2D eigenvalue weighted by atomic mass is 10.0. The maximum Gasteiger partial charge on any atom is 0.128 e. The molecule has 1 atom stereocenters. The van der Waals surface area contributed by atoms with Crippen LogP contribution in [0.5, 0.6) is 5.75 Å². The van der Waals surface area contributed by atoms with Gasteiger partial charge in [-0.2, -0.15) is 0 Å². The molecule has 1 aromatic heterocycles. The number of aryl methyl sites for hydroxylation is 1. The van der Waals surface area contributed by atoms with Gasteiger partial charge in [0.1, 0.15) is 11.9 Å². The molecule has 2 aromatic rings. The Labute approximate surface area is 118 Å². The molecule has 1 aliphatic rings. The minimum Gasteiger partial charge on any atom is -0.493 e. The van der Waals surface area contributed by atoms with Gasteiger partial charge in [-0.05, 0) is 36.8 Å². The number of ether oxygens (including phenoxy) is 1. The number of aliphatic hydroxyl groups excluding tert-OH is 1. The van der Waals surface area contributed by atoms with Crippen molar-refractivity contribution < 1.29 is 9.84 Å². The summed E-state index contributed by atoms with van der Waals surface area (Å²) < 4.78 is 6.65. The van der Waals surface area contributed by atoms with Crippen LogP contribution in [0.3, 0.4) is 0 Å². The molecule has 2 heterocycles. The average Bonchev–Trinajstić information content (AvgIpc) is 2.95. The zero-order valence-corrected chi connectivity index (χ0v) is 12.3. The summed E-state index contributed by atoms with van der Waals surface area (Å²) in [7, 11) is 0. The van der Waals surface area contributed by atoms with Crippen LogP contribution in [0.1, 0.15) is 27.0 Å². The third-order valence-corrected chi connectivity index (χ3v) is 4.61. The number of hydrogen-bond donors (Lipinski definition) is 1. The maximum atomic E-state index is 10.5. The summed E-state index contributed by atoms with van der Waals surface area (Å²) in [5.74, 6) is 0.858. The fourth-order valence-corrected chi connectivity index (χ4v) is 3.66. The molecule has 1 aromatic carbocycles. The molecule has 94 valence electrons. The van der Waals surface area contributed by atoms with E-state index in [-0.39, 0.29) is 0 Å². The van der Waals surface area contributed by atoms with Crippen molar-refractivity contribution in [3.63, 3.8) is 0 Å². The third kappa shape index (κ3) is 2.09. The molecule has 0 bridgehead atoms. The number of rotatable bonds is 2. The number of fused-ring (bicyclic) bond motifs is 1. The van der Waals surface area contributed by atoms with Gasteiger partial charge in [0.15, 0.2) is 0 Å². The van der Waals surface area contributed by atoms with Gasteiger partial charge in [0.2, 0.25) is 0 Å². The Kier molecular flexibility index (Phi) is 3.18. The molecule has 2 nitrogen and oxygen atoms in total. The summed E-state index contributed by atoms with van der Waals surface area (Å²) in [5.41, 5.74) is 2.03. The van der Waals surface area contributed by atoms with Gasteiger partial charge in [0.05, 0.1) is 6.61 Å². The molecule has 1 N–H and O–H groups in total. The first kappa shape index (κ1) is 12.2. The van der Waals surface area contributed by atoms with Gasteiger partial charge in [0, 0.05) is 26.2 Å². The van der Waals surface area contributed by atoms with E-state index in [9.17, 15) is 5.11 Å².